The molecule has 0 aliphatic rings. The Hall–Kier alpha value is -2.15. The number of halogens is 3. The van der Waals surface area contributed by atoms with Crippen LogP contribution in [0.2, 0.25) is 0 Å². The lowest BCUT2D eigenvalue weighted by atomic mass is 10.1. The van der Waals surface area contributed by atoms with Crippen molar-refractivity contribution in [2.45, 2.75) is 6.61 Å². The van der Waals surface area contributed by atoms with Crippen LogP contribution in [0.4, 0.5) is 5.69 Å². The van der Waals surface area contributed by atoms with Crippen LogP contribution >= 0.6 is 54.5 Å². The second-order valence-electron chi connectivity index (χ2n) is 6.24. The van der Waals surface area contributed by atoms with Crippen molar-refractivity contribution in [3.63, 3.8) is 0 Å². The van der Waals surface area contributed by atoms with E-state index in [1.54, 1.807) is 18.2 Å². The Morgan fingerprint density at radius 1 is 1.07 bits per heavy atom. The van der Waals surface area contributed by atoms with E-state index in [9.17, 15) is 10.1 Å². The van der Waals surface area contributed by atoms with Crippen LogP contribution in [-0.2, 0) is 11.4 Å². The van der Waals surface area contributed by atoms with Gasteiger partial charge in [0.25, 0.3) is 5.91 Å². The SMILES string of the molecule is N#C/C(=C/c1ccc(OCc2ccc(Br)cc2)c(I)c1)C(=O)Nc1cccc(Br)c1. The van der Waals surface area contributed by atoms with Gasteiger partial charge in [-0.15, -0.1) is 0 Å². The van der Waals surface area contributed by atoms with Gasteiger partial charge >= 0.3 is 0 Å². The van der Waals surface area contributed by atoms with E-state index in [4.69, 9.17) is 4.74 Å². The molecule has 1 amide bonds. The Balaban J connectivity index is 1.70. The van der Waals surface area contributed by atoms with Crippen LogP contribution in [0.25, 0.3) is 6.08 Å². The highest BCUT2D eigenvalue weighted by Crippen LogP contribution is 2.25. The molecule has 1 N–H and O–H groups in total. The smallest absolute Gasteiger partial charge is 0.266 e. The van der Waals surface area contributed by atoms with Gasteiger partial charge in [-0.25, -0.2) is 0 Å². The van der Waals surface area contributed by atoms with E-state index in [-0.39, 0.29) is 5.57 Å². The standard InChI is InChI=1S/C23H15Br2IN2O2/c24-18-7-4-15(5-8-18)14-30-22-9-6-16(11-21(22)26)10-17(13-27)23(29)28-20-3-1-2-19(25)12-20/h1-12H,14H2,(H,28,29)/b17-10-. The maximum Gasteiger partial charge on any atom is 0.266 e. The van der Waals surface area contributed by atoms with Crippen molar-refractivity contribution in [3.8, 4) is 11.8 Å². The lowest BCUT2D eigenvalue weighted by Crippen LogP contribution is -2.13. The molecule has 0 spiro atoms. The molecule has 3 aromatic carbocycles. The average Bonchev–Trinajstić information content (AvgIpc) is 2.72. The zero-order valence-corrected chi connectivity index (χ0v) is 20.9. The number of ether oxygens (including phenoxy) is 1. The summed E-state index contributed by atoms with van der Waals surface area (Å²) in [5.74, 6) is 0.286. The summed E-state index contributed by atoms with van der Waals surface area (Å²) in [5, 5.41) is 12.2. The van der Waals surface area contributed by atoms with Gasteiger partial charge in [0.1, 0.15) is 24.0 Å². The van der Waals surface area contributed by atoms with Crippen LogP contribution in [0.15, 0.2) is 81.2 Å². The molecule has 4 nitrogen and oxygen atoms in total. The minimum absolute atomic E-state index is 0.0225. The van der Waals surface area contributed by atoms with Crippen LogP contribution in [0.1, 0.15) is 11.1 Å². The van der Waals surface area contributed by atoms with E-state index in [1.807, 2.05) is 60.7 Å². The first-order chi connectivity index (χ1) is 14.4. The molecule has 0 aliphatic heterocycles. The first kappa shape index (κ1) is 22.5. The molecule has 0 atom stereocenters. The second kappa shape index (κ2) is 10.8. The number of benzene rings is 3. The summed E-state index contributed by atoms with van der Waals surface area (Å²) in [6, 6.07) is 22.7. The number of carbonyl (C=O) groups excluding carboxylic acids is 1. The zero-order valence-electron chi connectivity index (χ0n) is 15.5. The van der Waals surface area contributed by atoms with Gasteiger partial charge in [0.2, 0.25) is 0 Å². The Morgan fingerprint density at radius 2 is 1.83 bits per heavy atom. The highest BCUT2D eigenvalue weighted by Gasteiger charge is 2.11. The first-order valence-electron chi connectivity index (χ1n) is 8.80. The molecule has 0 aliphatic carbocycles. The fraction of sp³-hybridized carbons (Fsp3) is 0.0435. The summed E-state index contributed by atoms with van der Waals surface area (Å²) in [7, 11) is 0. The maximum atomic E-state index is 12.4. The third kappa shape index (κ3) is 6.42. The minimum atomic E-state index is -0.457. The predicted molar refractivity (Wildman–Crippen MR) is 134 cm³/mol. The van der Waals surface area contributed by atoms with Gasteiger partial charge in [-0.05, 0) is 82.3 Å². The molecule has 0 heterocycles. The summed E-state index contributed by atoms with van der Waals surface area (Å²) >= 11 is 8.96. The van der Waals surface area contributed by atoms with Crippen molar-refractivity contribution in [3.05, 3.63) is 95.9 Å². The summed E-state index contributed by atoms with van der Waals surface area (Å²) in [6.07, 6.45) is 1.56. The van der Waals surface area contributed by atoms with Crippen molar-refractivity contribution >= 4 is 72.1 Å². The molecule has 0 saturated carbocycles. The van der Waals surface area contributed by atoms with Crippen molar-refractivity contribution in [2.75, 3.05) is 5.32 Å². The Labute approximate surface area is 205 Å². The van der Waals surface area contributed by atoms with Crippen LogP contribution < -0.4 is 10.1 Å². The van der Waals surface area contributed by atoms with Crippen LogP contribution in [-0.4, -0.2) is 5.91 Å². The van der Waals surface area contributed by atoms with Gasteiger partial charge < -0.3 is 10.1 Å². The molecule has 30 heavy (non-hydrogen) atoms. The number of nitriles is 1. The number of nitrogens with one attached hydrogen (secondary N) is 1. The number of carbonyl (C=O) groups is 1. The molecule has 0 radical (unpaired) electrons. The zero-order chi connectivity index (χ0) is 21.5. The highest BCUT2D eigenvalue weighted by molar-refractivity contribution is 14.1. The Bertz CT molecular complexity index is 1140. The number of hydrogen-bond donors (Lipinski definition) is 1. The Kier molecular flexibility index (Phi) is 8.08. The third-order valence-electron chi connectivity index (χ3n) is 4.02. The third-order valence-corrected chi connectivity index (χ3v) is 5.89. The van der Waals surface area contributed by atoms with Gasteiger partial charge in [-0.3, -0.25) is 4.79 Å². The fourth-order valence-electron chi connectivity index (χ4n) is 2.55. The summed E-state index contributed by atoms with van der Waals surface area (Å²) in [6.45, 7) is 0.455. The predicted octanol–water partition coefficient (Wildman–Crippen LogP) is 6.94. The summed E-state index contributed by atoms with van der Waals surface area (Å²) < 4.78 is 8.65. The molecule has 0 fully saturated rings. The second-order valence-corrected chi connectivity index (χ2v) is 9.23. The molecule has 0 unspecified atom stereocenters. The maximum absolute atomic E-state index is 12.4. The minimum Gasteiger partial charge on any atom is -0.488 e. The molecule has 3 aromatic rings. The van der Waals surface area contributed by atoms with E-state index in [1.165, 1.54) is 0 Å². The molecule has 0 saturated heterocycles. The molecule has 0 aromatic heterocycles. The molecular formula is C23H15Br2IN2O2. The van der Waals surface area contributed by atoms with E-state index >= 15 is 0 Å². The molecule has 3 rings (SSSR count). The van der Waals surface area contributed by atoms with Crippen molar-refractivity contribution in [2.24, 2.45) is 0 Å². The van der Waals surface area contributed by atoms with Gasteiger partial charge in [-0.2, -0.15) is 5.26 Å². The molecule has 0 bridgehead atoms. The lowest BCUT2D eigenvalue weighted by molar-refractivity contribution is -0.112. The topological polar surface area (TPSA) is 62.1 Å². The van der Waals surface area contributed by atoms with Gasteiger partial charge in [0.15, 0.2) is 0 Å². The van der Waals surface area contributed by atoms with Crippen LogP contribution in [0, 0.1) is 14.9 Å². The van der Waals surface area contributed by atoms with E-state index in [0.717, 1.165) is 29.4 Å². The first-order valence-corrected chi connectivity index (χ1v) is 11.5. The monoisotopic (exact) mass is 636 g/mol. The lowest BCUT2D eigenvalue weighted by Gasteiger charge is -2.09. The number of nitrogens with zero attached hydrogens (tertiary/aromatic N) is 1. The number of hydrogen-bond acceptors (Lipinski definition) is 3. The quantitative estimate of drug-likeness (QED) is 0.181. The van der Waals surface area contributed by atoms with E-state index in [0.29, 0.717) is 12.3 Å². The normalized spacial score (nSPS) is 10.9. The fourth-order valence-corrected chi connectivity index (χ4v) is 3.90. The van der Waals surface area contributed by atoms with Gasteiger partial charge in [0, 0.05) is 14.6 Å². The molecule has 150 valence electrons. The van der Waals surface area contributed by atoms with Gasteiger partial charge in [-0.1, -0.05) is 56.1 Å². The molecule has 7 heteroatoms. The average molecular weight is 638 g/mol. The Morgan fingerprint density at radius 3 is 2.50 bits per heavy atom. The summed E-state index contributed by atoms with van der Waals surface area (Å²) in [4.78, 5) is 12.4. The highest BCUT2D eigenvalue weighted by atomic mass is 127. The van der Waals surface area contributed by atoms with Gasteiger partial charge in [0.05, 0.1) is 3.57 Å². The van der Waals surface area contributed by atoms with E-state index in [2.05, 4.69) is 59.8 Å². The van der Waals surface area contributed by atoms with Crippen molar-refractivity contribution in [1.82, 2.24) is 0 Å². The van der Waals surface area contributed by atoms with Crippen molar-refractivity contribution < 1.29 is 9.53 Å². The summed E-state index contributed by atoms with van der Waals surface area (Å²) in [5.41, 5.74) is 2.45. The number of anilines is 1. The molecular weight excluding hydrogens is 623 g/mol. The number of rotatable bonds is 6. The van der Waals surface area contributed by atoms with Crippen molar-refractivity contribution in [1.29, 1.82) is 5.26 Å². The van der Waals surface area contributed by atoms with E-state index < -0.39 is 5.91 Å². The largest absolute Gasteiger partial charge is 0.488 e. The van der Waals surface area contributed by atoms with Crippen LogP contribution in [0.3, 0.4) is 0 Å². The van der Waals surface area contributed by atoms with Crippen LogP contribution in [0.5, 0.6) is 5.75 Å². The number of amides is 1.